The van der Waals surface area contributed by atoms with Gasteiger partial charge in [0, 0.05) is 12.8 Å². The maximum atomic E-state index is 12.4. The second-order valence-corrected chi connectivity index (χ2v) is 16.8. The summed E-state index contributed by atoms with van der Waals surface area (Å²) in [4.78, 5) is 24.4. The number of hydrogen-bond donors (Lipinski definition) is 3. The van der Waals surface area contributed by atoms with Crippen LogP contribution in [0.4, 0.5) is 0 Å². The number of amides is 1. The van der Waals surface area contributed by atoms with Crippen molar-refractivity contribution < 1.29 is 24.5 Å². The Bertz CT molecular complexity index is 931. The summed E-state index contributed by atoms with van der Waals surface area (Å²) in [6, 6.07) is -0.644. The number of carbonyl (C=O) groups is 2. The molecule has 0 bridgehead atoms. The fraction of sp³-hybridized carbons (Fsp3) is 0.843. The molecule has 57 heavy (non-hydrogen) atoms. The van der Waals surface area contributed by atoms with Gasteiger partial charge in [-0.3, -0.25) is 9.59 Å². The smallest absolute Gasteiger partial charge is 0.305 e. The van der Waals surface area contributed by atoms with Gasteiger partial charge in [-0.2, -0.15) is 0 Å². The van der Waals surface area contributed by atoms with Gasteiger partial charge in [0.25, 0.3) is 0 Å². The van der Waals surface area contributed by atoms with Gasteiger partial charge in [0.05, 0.1) is 25.4 Å². The SMILES string of the molecule is CCCCCC/C=C\C/C=C\CCCCCCCCCC(=O)OCCCCCCCCCCCCC(=O)NC(CO)C(O)/C=C/CCCCCCCCCCCC. The molecule has 6 heteroatoms. The van der Waals surface area contributed by atoms with E-state index >= 15 is 0 Å². The van der Waals surface area contributed by atoms with Crippen LogP contribution in [0.5, 0.6) is 0 Å². The van der Waals surface area contributed by atoms with Crippen molar-refractivity contribution in [2.75, 3.05) is 13.2 Å². The first-order valence-electron chi connectivity index (χ1n) is 24.8. The molecule has 2 atom stereocenters. The van der Waals surface area contributed by atoms with Gasteiger partial charge in [-0.05, 0) is 64.2 Å². The van der Waals surface area contributed by atoms with E-state index in [0.717, 1.165) is 64.2 Å². The number of rotatable bonds is 45. The predicted molar refractivity (Wildman–Crippen MR) is 246 cm³/mol. The fourth-order valence-electron chi connectivity index (χ4n) is 7.31. The molecule has 0 aliphatic carbocycles. The molecule has 0 aliphatic heterocycles. The standard InChI is InChI=1S/C51H95NO5/c1-3-5-7-9-11-13-15-17-18-19-20-21-22-24-29-33-37-41-45-51(56)57-46-42-38-34-30-26-25-28-32-36-40-44-50(55)52-48(47-53)49(54)43-39-35-31-27-23-16-14-12-10-8-6-4-2/h13,15,18-19,39,43,48-49,53-54H,3-12,14,16-17,20-38,40-42,44-47H2,1-2H3,(H,52,55)/b15-13-,19-18-,43-39+. The zero-order valence-electron chi connectivity index (χ0n) is 37.8. The minimum absolute atomic E-state index is 0.0291. The number of aliphatic hydroxyl groups is 2. The minimum Gasteiger partial charge on any atom is -0.466 e. The maximum Gasteiger partial charge on any atom is 0.305 e. The molecule has 3 N–H and O–H groups in total. The summed E-state index contributed by atoms with van der Waals surface area (Å²) in [5.74, 6) is -0.122. The number of hydrogen-bond acceptors (Lipinski definition) is 5. The average molecular weight is 802 g/mol. The predicted octanol–water partition coefficient (Wildman–Crippen LogP) is 14.5. The largest absolute Gasteiger partial charge is 0.466 e. The van der Waals surface area contributed by atoms with E-state index in [2.05, 4.69) is 43.5 Å². The van der Waals surface area contributed by atoms with E-state index in [4.69, 9.17) is 4.74 Å². The van der Waals surface area contributed by atoms with Gasteiger partial charge in [-0.1, -0.05) is 211 Å². The molecule has 6 nitrogen and oxygen atoms in total. The van der Waals surface area contributed by atoms with Gasteiger partial charge >= 0.3 is 5.97 Å². The minimum atomic E-state index is -0.858. The Balaban J connectivity index is 3.51. The van der Waals surface area contributed by atoms with Crippen LogP contribution >= 0.6 is 0 Å². The first-order chi connectivity index (χ1) is 28.0. The van der Waals surface area contributed by atoms with E-state index < -0.39 is 12.1 Å². The Morgan fingerprint density at radius 1 is 0.491 bits per heavy atom. The molecule has 0 saturated heterocycles. The molecule has 0 aliphatic rings. The van der Waals surface area contributed by atoms with E-state index in [1.807, 2.05) is 6.08 Å². The lowest BCUT2D eigenvalue weighted by molar-refractivity contribution is -0.143. The Morgan fingerprint density at radius 3 is 1.35 bits per heavy atom. The van der Waals surface area contributed by atoms with E-state index in [0.29, 0.717) is 19.4 Å². The van der Waals surface area contributed by atoms with Crippen LogP contribution in [-0.4, -0.2) is 47.4 Å². The Morgan fingerprint density at radius 2 is 0.877 bits per heavy atom. The summed E-state index contributed by atoms with van der Waals surface area (Å²) in [6.45, 7) is 4.81. The number of ether oxygens (including phenoxy) is 1. The second kappa shape index (κ2) is 46.8. The first kappa shape index (κ1) is 55.1. The van der Waals surface area contributed by atoms with Crippen molar-refractivity contribution in [1.29, 1.82) is 0 Å². The summed E-state index contributed by atoms with van der Waals surface area (Å²) in [6.07, 6.45) is 55.6. The molecule has 1 amide bonds. The van der Waals surface area contributed by atoms with Crippen molar-refractivity contribution in [3.63, 3.8) is 0 Å². The Labute approximate surface area is 353 Å². The Kier molecular flexibility index (Phi) is 45.2. The lowest BCUT2D eigenvalue weighted by atomic mass is 10.0. The van der Waals surface area contributed by atoms with Crippen molar-refractivity contribution in [2.45, 2.75) is 264 Å². The molecule has 0 heterocycles. The first-order valence-corrected chi connectivity index (χ1v) is 24.8. The third-order valence-corrected chi connectivity index (χ3v) is 11.2. The van der Waals surface area contributed by atoms with Gasteiger partial charge in [-0.15, -0.1) is 0 Å². The molecule has 0 rings (SSSR count). The van der Waals surface area contributed by atoms with Crippen LogP contribution < -0.4 is 5.32 Å². The Hall–Kier alpha value is -1.92. The highest BCUT2D eigenvalue weighted by Gasteiger charge is 2.18. The van der Waals surface area contributed by atoms with Crippen molar-refractivity contribution in [2.24, 2.45) is 0 Å². The number of nitrogens with one attached hydrogen (secondary N) is 1. The van der Waals surface area contributed by atoms with Gasteiger partial charge in [0.2, 0.25) is 5.91 Å². The van der Waals surface area contributed by atoms with Crippen LogP contribution in [0.2, 0.25) is 0 Å². The van der Waals surface area contributed by atoms with Crippen LogP contribution in [0.15, 0.2) is 36.5 Å². The highest BCUT2D eigenvalue weighted by molar-refractivity contribution is 5.76. The summed E-state index contributed by atoms with van der Waals surface area (Å²) < 4.78 is 5.45. The van der Waals surface area contributed by atoms with Crippen molar-refractivity contribution in [3.8, 4) is 0 Å². The van der Waals surface area contributed by atoms with Crippen LogP contribution in [-0.2, 0) is 14.3 Å². The van der Waals surface area contributed by atoms with Gasteiger partial charge in [0.15, 0.2) is 0 Å². The highest BCUT2D eigenvalue weighted by Crippen LogP contribution is 2.15. The van der Waals surface area contributed by atoms with E-state index in [9.17, 15) is 19.8 Å². The third-order valence-electron chi connectivity index (χ3n) is 11.2. The quantitative estimate of drug-likeness (QED) is 0.0324. The summed E-state index contributed by atoms with van der Waals surface area (Å²) in [5, 5.41) is 23.0. The number of aliphatic hydroxyl groups excluding tert-OH is 2. The number of esters is 1. The van der Waals surface area contributed by atoms with Crippen LogP contribution in [0.3, 0.4) is 0 Å². The molecular weight excluding hydrogens is 707 g/mol. The van der Waals surface area contributed by atoms with Crippen molar-refractivity contribution >= 4 is 11.9 Å². The monoisotopic (exact) mass is 802 g/mol. The topological polar surface area (TPSA) is 95.9 Å². The zero-order valence-corrected chi connectivity index (χ0v) is 37.8. The molecule has 0 spiro atoms. The molecular formula is C51H95NO5. The molecule has 0 aromatic heterocycles. The summed E-state index contributed by atoms with van der Waals surface area (Å²) in [7, 11) is 0. The molecule has 0 fully saturated rings. The van der Waals surface area contributed by atoms with E-state index in [1.54, 1.807) is 6.08 Å². The van der Waals surface area contributed by atoms with Gasteiger partial charge in [-0.25, -0.2) is 0 Å². The van der Waals surface area contributed by atoms with E-state index in [1.165, 1.54) is 161 Å². The molecule has 0 radical (unpaired) electrons. The van der Waals surface area contributed by atoms with Crippen molar-refractivity contribution in [3.05, 3.63) is 36.5 Å². The lowest BCUT2D eigenvalue weighted by Gasteiger charge is -2.20. The van der Waals surface area contributed by atoms with Crippen LogP contribution in [0.1, 0.15) is 251 Å². The summed E-state index contributed by atoms with van der Waals surface area (Å²) in [5.41, 5.74) is 0. The second-order valence-electron chi connectivity index (χ2n) is 16.8. The molecule has 334 valence electrons. The maximum absolute atomic E-state index is 12.4. The normalized spacial score (nSPS) is 13.0. The summed E-state index contributed by atoms with van der Waals surface area (Å²) >= 11 is 0. The highest BCUT2D eigenvalue weighted by atomic mass is 16.5. The van der Waals surface area contributed by atoms with E-state index in [-0.39, 0.29) is 18.5 Å². The number of allylic oxidation sites excluding steroid dienone is 5. The average Bonchev–Trinajstić information content (AvgIpc) is 3.21. The number of carbonyl (C=O) groups excluding carboxylic acids is 2. The zero-order chi connectivity index (χ0) is 41.5. The van der Waals surface area contributed by atoms with Gasteiger partial charge in [0.1, 0.15) is 0 Å². The van der Waals surface area contributed by atoms with Crippen LogP contribution in [0.25, 0.3) is 0 Å². The number of unbranched alkanes of at least 4 members (excludes halogenated alkanes) is 30. The van der Waals surface area contributed by atoms with Crippen molar-refractivity contribution in [1.82, 2.24) is 5.32 Å². The lowest BCUT2D eigenvalue weighted by Crippen LogP contribution is -2.45. The molecule has 0 saturated carbocycles. The fourth-order valence-corrected chi connectivity index (χ4v) is 7.31. The van der Waals surface area contributed by atoms with Crippen LogP contribution in [0, 0.1) is 0 Å². The molecule has 0 aromatic rings. The van der Waals surface area contributed by atoms with Gasteiger partial charge < -0.3 is 20.3 Å². The molecule has 2 unspecified atom stereocenters. The molecule has 0 aromatic carbocycles. The third kappa shape index (κ3) is 43.5.